The Balaban J connectivity index is 1.43. The van der Waals surface area contributed by atoms with Gasteiger partial charge in [0.25, 0.3) is 5.91 Å². The number of benzene rings is 3. The van der Waals surface area contributed by atoms with Gasteiger partial charge in [0.2, 0.25) is 5.95 Å². The SMILES string of the molecule is CN1CCN(C(=O)c2ccc(-c3cc(F)cc4cnc(Nc5ccc(S(N)=O)cc5)nc34)cc2)CC1. The zero-order valence-corrected chi connectivity index (χ0v) is 20.5. The van der Waals surface area contributed by atoms with E-state index in [2.05, 4.69) is 20.2 Å². The van der Waals surface area contributed by atoms with Gasteiger partial charge in [-0.15, -0.1) is 0 Å². The fourth-order valence-corrected chi connectivity index (χ4v) is 4.58. The topological polar surface area (TPSA) is 104 Å². The number of hydrogen-bond donors (Lipinski definition) is 2. The van der Waals surface area contributed by atoms with Gasteiger partial charge in [0, 0.05) is 54.6 Å². The Labute approximate surface area is 210 Å². The number of carbonyl (C=O) groups excluding carboxylic acids is 1. The number of carbonyl (C=O) groups is 1. The van der Waals surface area contributed by atoms with E-state index in [0.29, 0.717) is 51.7 Å². The maximum absolute atomic E-state index is 14.4. The Morgan fingerprint density at radius 3 is 2.39 bits per heavy atom. The van der Waals surface area contributed by atoms with Gasteiger partial charge in [0.1, 0.15) is 16.8 Å². The Bertz CT molecular complexity index is 1440. The van der Waals surface area contributed by atoms with Gasteiger partial charge in [-0.2, -0.15) is 0 Å². The summed E-state index contributed by atoms with van der Waals surface area (Å²) in [7, 11) is 0.490. The second kappa shape index (κ2) is 10.1. The molecule has 3 aromatic carbocycles. The normalized spacial score (nSPS) is 15.1. The van der Waals surface area contributed by atoms with Gasteiger partial charge in [0.05, 0.1) is 10.4 Å². The molecule has 36 heavy (non-hydrogen) atoms. The molecule has 1 saturated heterocycles. The van der Waals surface area contributed by atoms with Crippen molar-refractivity contribution < 1.29 is 13.4 Å². The highest BCUT2D eigenvalue weighted by molar-refractivity contribution is 7.82. The largest absolute Gasteiger partial charge is 0.336 e. The average Bonchev–Trinajstić information content (AvgIpc) is 2.89. The van der Waals surface area contributed by atoms with Crippen LogP contribution in [0.4, 0.5) is 16.0 Å². The van der Waals surface area contributed by atoms with Crippen LogP contribution in [-0.2, 0) is 11.0 Å². The number of anilines is 2. The molecule has 8 nitrogen and oxygen atoms in total. The van der Waals surface area contributed by atoms with Crippen LogP contribution in [0.3, 0.4) is 0 Å². The lowest BCUT2D eigenvalue weighted by Crippen LogP contribution is -2.47. The van der Waals surface area contributed by atoms with E-state index >= 15 is 0 Å². The summed E-state index contributed by atoms with van der Waals surface area (Å²) in [6, 6.07) is 16.8. The number of likely N-dealkylation sites (N-methyl/N-ethyl adjacent to an activating group) is 1. The number of nitrogens with zero attached hydrogens (tertiary/aromatic N) is 4. The maximum Gasteiger partial charge on any atom is 0.253 e. The zero-order chi connectivity index (χ0) is 25.2. The summed E-state index contributed by atoms with van der Waals surface area (Å²) in [4.78, 5) is 26.4. The van der Waals surface area contributed by atoms with Crippen molar-refractivity contribution in [2.75, 3.05) is 38.5 Å². The Morgan fingerprint density at radius 2 is 1.72 bits per heavy atom. The summed E-state index contributed by atoms with van der Waals surface area (Å²) in [6.45, 7) is 3.11. The van der Waals surface area contributed by atoms with Crippen molar-refractivity contribution in [3.8, 4) is 11.1 Å². The minimum Gasteiger partial charge on any atom is -0.336 e. The minimum atomic E-state index is -1.56. The molecule has 1 unspecified atom stereocenters. The lowest BCUT2D eigenvalue weighted by atomic mass is 10.0. The van der Waals surface area contributed by atoms with Crippen LogP contribution >= 0.6 is 0 Å². The zero-order valence-electron chi connectivity index (χ0n) is 19.6. The highest BCUT2D eigenvalue weighted by Crippen LogP contribution is 2.30. The molecule has 0 spiro atoms. The monoisotopic (exact) mass is 504 g/mol. The average molecular weight is 505 g/mol. The highest BCUT2D eigenvalue weighted by Gasteiger charge is 2.20. The number of nitrogens with two attached hydrogens (primary N) is 1. The number of rotatable bonds is 5. The van der Waals surface area contributed by atoms with Crippen molar-refractivity contribution in [1.82, 2.24) is 19.8 Å². The summed E-state index contributed by atoms with van der Waals surface area (Å²) in [6.07, 6.45) is 1.56. The molecule has 4 aromatic rings. The third kappa shape index (κ3) is 5.11. The third-order valence-corrected chi connectivity index (χ3v) is 6.96. The maximum atomic E-state index is 14.4. The van der Waals surface area contributed by atoms with Crippen molar-refractivity contribution in [2.45, 2.75) is 4.90 Å². The predicted octanol–water partition coefficient (Wildman–Crippen LogP) is 3.55. The van der Waals surface area contributed by atoms with Crippen LogP contribution in [0.2, 0.25) is 0 Å². The van der Waals surface area contributed by atoms with E-state index in [1.54, 1.807) is 42.6 Å². The van der Waals surface area contributed by atoms with E-state index in [9.17, 15) is 13.4 Å². The first-order valence-electron chi connectivity index (χ1n) is 11.5. The predicted molar refractivity (Wildman–Crippen MR) is 139 cm³/mol. The molecule has 3 N–H and O–H groups in total. The number of amides is 1. The first kappa shape index (κ1) is 24.0. The van der Waals surface area contributed by atoms with Crippen LogP contribution in [0, 0.1) is 5.82 Å². The van der Waals surface area contributed by atoms with Crippen molar-refractivity contribution >= 4 is 39.4 Å². The van der Waals surface area contributed by atoms with Crippen molar-refractivity contribution in [2.24, 2.45) is 5.14 Å². The molecule has 0 aliphatic carbocycles. The summed E-state index contributed by atoms with van der Waals surface area (Å²) < 4.78 is 25.8. The van der Waals surface area contributed by atoms with Crippen LogP contribution in [0.25, 0.3) is 22.0 Å². The highest BCUT2D eigenvalue weighted by atomic mass is 32.2. The van der Waals surface area contributed by atoms with Crippen LogP contribution in [0.1, 0.15) is 10.4 Å². The molecular weight excluding hydrogens is 479 g/mol. The van der Waals surface area contributed by atoms with Gasteiger partial charge >= 0.3 is 0 Å². The van der Waals surface area contributed by atoms with Crippen molar-refractivity contribution in [1.29, 1.82) is 0 Å². The van der Waals surface area contributed by atoms with Gasteiger partial charge in [-0.3, -0.25) is 4.79 Å². The number of halogens is 1. The first-order chi connectivity index (χ1) is 17.4. The molecule has 1 fully saturated rings. The van der Waals surface area contributed by atoms with E-state index in [1.807, 2.05) is 24.1 Å². The second-order valence-electron chi connectivity index (χ2n) is 8.70. The molecule has 0 bridgehead atoms. The minimum absolute atomic E-state index is 0.00273. The molecule has 10 heteroatoms. The van der Waals surface area contributed by atoms with E-state index < -0.39 is 16.8 Å². The van der Waals surface area contributed by atoms with Crippen LogP contribution in [0.15, 0.2) is 71.8 Å². The van der Waals surface area contributed by atoms with Gasteiger partial charge in [0.15, 0.2) is 0 Å². The van der Waals surface area contributed by atoms with Gasteiger partial charge in [-0.05, 0) is 61.1 Å². The van der Waals surface area contributed by atoms with Crippen LogP contribution < -0.4 is 10.5 Å². The Kier molecular flexibility index (Phi) is 6.73. The standard InChI is InChI=1S/C26H25FN6O2S/c1-32-10-12-33(13-11-32)25(34)18-4-2-17(3-5-18)23-15-20(27)14-19-16-29-26(31-24(19)23)30-21-6-8-22(9-7-21)36(28)35/h2-9,14-16H,10-13,28H2,1H3,(H,29,30,31). The molecule has 1 atom stereocenters. The molecule has 1 aliphatic heterocycles. The number of hydrogen-bond acceptors (Lipinski definition) is 6. The van der Waals surface area contributed by atoms with Crippen molar-refractivity contribution in [3.05, 3.63) is 78.2 Å². The van der Waals surface area contributed by atoms with E-state index in [-0.39, 0.29) is 5.91 Å². The molecule has 2 heterocycles. The number of nitrogens with one attached hydrogen (secondary N) is 1. The molecule has 1 amide bonds. The Morgan fingerprint density at radius 1 is 1.03 bits per heavy atom. The molecular formula is C26H25FN6O2S. The fraction of sp³-hybridized carbons (Fsp3) is 0.192. The molecule has 5 rings (SSSR count). The molecule has 0 radical (unpaired) electrons. The summed E-state index contributed by atoms with van der Waals surface area (Å²) >= 11 is 0. The number of aromatic nitrogens is 2. The Hall–Kier alpha value is -3.73. The number of fused-ring (bicyclic) bond motifs is 1. The van der Waals surface area contributed by atoms with Crippen LogP contribution in [-0.4, -0.2) is 63.1 Å². The summed E-state index contributed by atoms with van der Waals surface area (Å²) in [5, 5.41) is 9.07. The van der Waals surface area contributed by atoms with Gasteiger partial charge in [-0.1, -0.05) is 12.1 Å². The molecule has 184 valence electrons. The van der Waals surface area contributed by atoms with Gasteiger partial charge in [-0.25, -0.2) is 23.7 Å². The first-order valence-corrected chi connectivity index (χ1v) is 12.7. The van der Waals surface area contributed by atoms with E-state index in [1.165, 1.54) is 12.1 Å². The third-order valence-electron chi connectivity index (χ3n) is 6.22. The van der Waals surface area contributed by atoms with Crippen LogP contribution in [0.5, 0.6) is 0 Å². The summed E-state index contributed by atoms with van der Waals surface area (Å²) in [5.41, 5.74) is 3.21. The second-order valence-corrected chi connectivity index (χ2v) is 9.77. The summed E-state index contributed by atoms with van der Waals surface area (Å²) in [5.74, 6) is -0.0688. The lowest BCUT2D eigenvalue weighted by molar-refractivity contribution is 0.0664. The van der Waals surface area contributed by atoms with E-state index in [0.717, 1.165) is 18.7 Å². The number of piperazine rings is 1. The fourth-order valence-electron chi connectivity index (χ4n) is 4.18. The van der Waals surface area contributed by atoms with Gasteiger partial charge < -0.3 is 15.1 Å². The molecule has 0 saturated carbocycles. The van der Waals surface area contributed by atoms with E-state index in [4.69, 9.17) is 5.14 Å². The smallest absolute Gasteiger partial charge is 0.253 e. The van der Waals surface area contributed by atoms with Crippen molar-refractivity contribution in [3.63, 3.8) is 0 Å². The molecule has 1 aliphatic rings. The molecule has 1 aromatic heterocycles. The quantitative estimate of drug-likeness (QED) is 0.431. The lowest BCUT2D eigenvalue weighted by Gasteiger charge is -2.32.